The number of nitrogens with zero attached hydrogens (tertiary/aromatic N) is 2. The van der Waals surface area contributed by atoms with Gasteiger partial charge in [-0.2, -0.15) is 0 Å². The fourth-order valence-corrected chi connectivity index (χ4v) is 2.08. The molecule has 0 radical (unpaired) electrons. The molecule has 0 unspecified atom stereocenters. The molecule has 1 atom stereocenters. The van der Waals surface area contributed by atoms with E-state index in [1.165, 1.54) is 12.3 Å². The van der Waals surface area contributed by atoms with Crippen molar-refractivity contribution >= 4 is 11.6 Å². The van der Waals surface area contributed by atoms with Crippen molar-refractivity contribution < 1.29 is 9.72 Å². The molecule has 0 saturated carbocycles. The van der Waals surface area contributed by atoms with Crippen LogP contribution < -0.4 is 10.6 Å². The Hall–Kier alpha value is -1.89. The van der Waals surface area contributed by atoms with Gasteiger partial charge in [0.05, 0.1) is 11.1 Å². The van der Waals surface area contributed by atoms with Crippen molar-refractivity contribution in [2.45, 2.75) is 25.9 Å². The fourth-order valence-electron chi connectivity index (χ4n) is 2.08. The molecule has 1 aromatic rings. The summed E-state index contributed by atoms with van der Waals surface area (Å²) in [5.41, 5.74) is 0.294. The molecule has 7 heteroatoms. The summed E-state index contributed by atoms with van der Waals surface area (Å²) >= 11 is 0. The minimum Gasteiger partial charge on any atom is -0.347 e. The van der Waals surface area contributed by atoms with Gasteiger partial charge in [-0.05, 0) is 19.9 Å². The summed E-state index contributed by atoms with van der Waals surface area (Å²) in [7, 11) is 0. The Kier molecular flexibility index (Phi) is 3.61. The molecule has 1 aliphatic rings. The number of aromatic nitrogens is 1. The molecule has 0 bridgehead atoms. The molecule has 1 saturated heterocycles. The molecule has 1 aliphatic heterocycles. The van der Waals surface area contributed by atoms with E-state index in [0.29, 0.717) is 12.2 Å². The summed E-state index contributed by atoms with van der Waals surface area (Å²) < 4.78 is 1.59. The Morgan fingerprint density at radius 3 is 3.06 bits per heavy atom. The highest BCUT2D eigenvalue weighted by Crippen LogP contribution is 2.16. The third-order valence-electron chi connectivity index (χ3n) is 3.06. The van der Waals surface area contributed by atoms with E-state index in [0.717, 1.165) is 19.5 Å². The van der Waals surface area contributed by atoms with E-state index >= 15 is 0 Å². The highest BCUT2D eigenvalue weighted by molar-refractivity contribution is 5.93. The molecule has 0 aromatic carbocycles. The molecular formula is C11H16N4O3. The second-order valence-corrected chi connectivity index (χ2v) is 4.29. The maximum Gasteiger partial charge on any atom is 0.287 e. The van der Waals surface area contributed by atoms with Crippen molar-refractivity contribution in [1.82, 2.24) is 15.2 Å². The molecule has 2 heterocycles. The second-order valence-electron chi connectivity index (χ2n) is 4.29. The molecule has 0 spiro atoms. The van der Waals surface area contributed by atoms with E-state index in [1.807, 2.05) is 6.92 Å². The number of carbonyl (C=O) groups is 1. The average molecular weight is 252 g/mol. The Balaban J connectivity index is 2.15. The Labute approximate surface area is 104 Å². The van der Waals surface area contributed by atoms with Crippen molar-refractivity contribution in [3.63, 3.8) is 0 Å². The highest BCUT2D eigenvalue weighted by Gasteiger charge is 2.22. The lowest BCUT2D eigenvalue weighted by molar-refractivity contribution is -0.384. The van der Waals surface area contributed by atoms with Gasteiger partial charge in [-0.1, -0.05) is 0 Å². The molecule has 1 fully saturated rings. The Morgan fingerprint density at radius 2 is 2.50 bits per heavy atom. The fraction of sp³-hybridized carbons (Fsp3) is 0.545. The van der Waals surface area contributed by atoms with Gasteiger partial charge in [-0.15, -0.1) is 0 Å². The van der Waals surface area contributed by atoms with Crippen LogP contribution in [-0.4, -0.2) is 34.5 Å². The second kappa shape index (κ2) is 5.18. The smallest absolute Gasteiger partial charge is 0.287 e. The third-order valence-corrected chi connectivity index (χ3v) is 3.06. The molecule has 1 aromatic heterocycles. The van der Waals surface area contributed by atoms with E-state index in [4.69, 9.17) is 0 Å². The summed E-state index contributed by atoms with van der Waals surface area (Å²) in [5.74, 6) is -0.251. The number of carbonyl (C=O) groups excluding carboxylic acids is 1. The lowest BCUT2D eigenvalue weighted by Crippen LogP contribution is -2.37. The van der Waals surface area contributed by atoms with Gasteiger partial charge in [-0.25, -0.2) is 0 Å². The lowest BCUT2D eigenvalue weighted by atomic mass is 10.2. The molecule has 7 nitrogen and oxygen atoms in total. The number of hydrogen-bond acceptors (Lipinski definition) is 4. The number of nitro groups is 1. The summed E-state index contributed by atoms with van der Waals surface area (Å²) in [6, 6.07) is 1.43. The third kappa shape index (κ3) is 2.51. The average Bonchev–Trinajstić information content (AvgIpc) is 2.96. The normalized spacial score (nSPS) is 18.8. The van der Waals surface area contributed by atoms with Crippen LogP contribution in [0.4, 0.5) is 5.69 Å². The lowest BCUT2D eigenvalue weighted by Gasteiger charge is -2.12. The van der Waals surface area contributed by atoms with Crippen LogP contribution in [0.5, 0.6) is 0 Å². The molecule has 18 heavy (non-hydrogen) atoms. The largest absolute Gasteiger partial charge is 0.347 e. The zero-order valence-corrected chi connectivity index (χ0v) is 10.2. The van der Waals surface area contributed by atoms with Gasteiger partial charge in [0.25, 0.3) is 11.6 Å². The van der Waals surface area contributed by atoms with Gasteiger partial charge in [0, 0.05) is 25.2 Å². The van der Waals surface area contributed by atoms with Crippen LogP contribution in [0.1, 0.15) is 23.8 Å². The topological polar surface area (TPSA) is 89.2 Å². The number of rotatable bonds is 4. The van der Waals surface area contributed by atoms with E-state index < -0.39 is 4.92 Å². The first-order valence-corrected chi connectivity index (χ1v) is 5.98. The molecule has 2 rings (SSSR count). The van der Waals surface area contributed by atoms with Crippen molar-refractivity contribution in [2.75, 3.05) is 13.1 Å². The maximum atomic E-state index is 12.0. The zero-order valence-electron chi connectivity index (χ0n) is 10.2. The van der Waals surface area contributed by atoms with E-state index in [9.17, 15) is 14.9 Å². The quantitative estimate of drug-likeness (QED) is 0.603. The predicted octanol–water partition coefficient (Wildman–Crippen LogP) is 0.508. The van der Waals surface area contributed by atoms with E-state index in [1.54, 1.807) is 4.57 Å². The van der Waals surface area contributed by atoms with Crippen LogP contribution >= 0.6 is 0 Å². The summed E-state index contributed by atoms with van der Waals surface area (Å²) in [6.45, 7) is 4.01. The molecule has 0 aliphatic carbocycles. The maximum absolute atomic E-state index is 12.0. The Morgan fingerprint density at radius 1 is 1.72 bits per heavy atom. The predicted molar refractivity (Wildman–Crippen MR) is 65.5 cm³/mol. The molecular weight excluding hydrogens is 236 g/mol. The standard InChI is InChI=1S/C11H16N4O3/c1-2-14-7-9(15(17)18)5-10(14)11(16)13-8-3-4-12-6-8/h5,7-8,12H,2-4,6H2,1H3,(H,13,16)/t8-/m0/s1. The number of aryl methyl sites for hydroxylation is 1. The van der Waals surface area contributed by atoms with Crippen LogP contribution in [-0.2, 0) is 6.54 Å². The monoisotopic (exact) mass is 252 g/mol. The van der Waals surface area contributed by atoms with Gasteiger partial charge in [0.1, 0.15) is 5.69 Å². The van der Waals surface area contributed by atoms with Crippen LogP contribution in [0.3, 0.4) is 0 Å². The van der Waals surface area contributed by atoms with Crippen molar-refractivity contribution in [3.05, 3.63) is 28.1 Å². The van der Waals surface area contributed by atoms with Gasteiger partial charge in [-0.3, -0.25) is 14.9 Å². The number of nitrogens with one attached hydrogen (secondary N) is 2. The summed E-state index contributed by atoms with van der Waals surface area (Å²) in [4.78, 5) is 22.2. The van der Waals surface area contributed by atoms with Crippen molar-refractivity contribution in [3.8, 4) is 0 Å². The van der Waals surface area contributed by atoms with Gasteiger partial charge < -0.3 is 15.2 Å². The van der Waals surface area contributed by atoms with Crippen LogP contribution in [0.2, 0.25) is 0 Å². The number of amides is 1. The van der Waals surface area contributed by atoms with E-state index in [2.05, 4.69) is 10.6 Å². The number of hydrogen-bond donors (Lipinski definition) is 2. The van der Waals surface area contributed by atoms with E-state index in [-0.39, 0.29) is 17.6 Å². The summed E-state index contributed by atoms with van der Waals surface area (Å²) in [5, 5.41) is 16.7. The molecule has 1 amide bonds. The summed E-state index contributed by atoms with van der Waals surface area (Å²) in [6.07, 6.45) is 2.28. The SMILES string of the molecule is CCn1cc([N+](=O)[O-])cc1C(=O)N[C@H]1CCNC1. The Bertz CT molecular complexity index is 463. The van der Waals surface area contributed by atoms with Crippen molar-refractivity contribution in [1.29, 1.82) is 0 Å². The van der Waals surface area contributed by atoms with Crippen LogP contribution in [0.15, 0.2) is 12.3 Å². The van der Waals surface area contributed by atoms with Crippen LogP contribution in [0, 0.1) is 10.1 Å². The highest BCUT2D eigenvalue weighted by atomic mass is 16.6. The first-order valence-electron chi connectivity index (χ1n) is 5.98. The zero-order chi connectivity index (χ0) is 13.1. The molecule has 98 valence electrons. The van der Waals surface area contributed by atoms with Gasteiger partial charge >= 0.3 is 0 Å². The van der Waals surface area contributed by atoms with Crippen LogP contribution in [0.25, 0.3) is 0 Å². The first kappa shape index (κ1) is 12.6. The van der Waals surface area contributed by atoms with Crippen molar-refractivity contribution in [2.24, 2.45) is 0 Å². The van der Waals surface area contributed by atoms with Gasteiger partial charge in [0.2, 0.25) is 0 Å². The molecule has 2 N–H and O–H groups in total. The minimum atomic E-state index is -0.486. The minimum absolute atomic E-state index is 0.0495. The van der Waals surface area contributed by atoms with Gasteiger partial charge in [0.15, 0.2) is 0 Å². The first-order chi connectivity index (χ1) is 8.61.